The Morgan fingerprint density at radius 3 is 2.79 bits per heavy atom. The number of nitrogens with one attached hydrogen (secondary N) is 2. The molecule has 2 N–H and O–H groups in total. The molecule has 12 nitrogen and oxygen atoms in total. The molecule has 0 aliphatic carbocycles. The average Bonchev–Trinajstić information content (AvgIpc) is 3.35. The highest BCUT2D eigenvalue weighted by Gasteiger charge is 2.16. The number of aromatic nitrogens is 4. The van der Waals surface area contributed by atoms with E-state index in [1.165, 1.54) is 0 Å². The van der Waals surface area contributed by atoms with Gasteiger partial charge in [0.2, 0.25) is 11.7 Å². The molecule has 0 fully saturated rings. The molecule has 0 radical (unpaired) electrons. The van der Waals surface area contributed by atoms with Gasteiger partial charge in [-0.1, -0.05) is 28.9 Å². The second kappa shape index (κ2) is 8.93. The minimum absolute atomic E-state index is 0.110. The lowest BCUT2D eigenvalue weighted by Crippen LogP contribution is -2.36. The van der Waals surface area contributed by atoms with Gasteiger partial charge in [-0.15, -0.1) is 0 Å². The molecule has 13 heteroatoms. The Labute approximate surface area is 168 Å². The maximum absolute atomic E-state index is 12.0. The first-order valence-corrected chi connectivity index (χ1v) is 8.61. The molecule has 150 valence electrons. The van der Waals surface area contributed by atoms with Crippen LogP contribution < -0.4 is 10.6 Å². The fourth-order valence-corrected chi connectivity index (χ4v) is 2.44. The quantitative estimate of drug-likeness (QED) is 0.311. The zero-order valence-corrected chi connectivity index (χ0v) is 15.5. The summed E-state index contributed by atoms with van der Waals surface area (Å²) in [7, 11) is 0. The Hall–Kier alpha value is -3.80. The van der Waals surface area contributed by atoms with Crippen LogP contribution in [-0.2, 0) is 11.3 Å². The van der Waals surface area contributed by atoms with Crippen molar-refractivity contribution < 1.29 is 19.0 Å². The van der Waals surface area contributed by atoms with Crippen LogP contribution in [0.4, 0.5) is 5.69 Å². The number of hydrogen-bond donors (Lipinski definition) is 2. The molecule has 2 amide bonds. The maximum atomic E-state index is 12.0. The minimum Gasteiger partial charge on any atom is -0.353 e. The van der Waals surface area contributed by atoms with Gasteiger partial charge in [-0.2, -0.15) is 10.1 Å². The molecule has 0 saturated carbocycles. The van der Waals surface area contributed by atoms with Crippen LogP contribution in [0.5, 0.6) is 0 Å². The molecule has 0 bridgehead atoms. The number of halogens is 1. The summed E-state index contributed by atoms with van der Waals surface area (Å²) in [6.07, 6.45) is 2.20. The lowest BCUT2D eigenvalue weighted by atomic mass is 10.2. The van der Waals surface area contributed by atoms with Crippen molar-refractivity contribution in [2.75, 3.05) is 13.1 Å². The second-order valence-corrected chi connectivity index (χ2v) is 6.13. The van der Waals surface area contributed by atoms with Crippen molar-refractivity contribution in [1.82, 2.24) is 30.6 Å². The Bertz CT molecular complexity index is 1050. The largest absolute Gasteiger partial charge is 0.353 e. The molecule has 0 unspecified atom stereocenters. The fourth-order valence-electron chi connectivity index (χ4n) is 2.25. The van der Waals surface area contributed by atoms with E-state index in [0.29, 0.717) is 10.6 Å². The molecule has 29 heavy (non-hydrogen) atoms. The number of hydrogen-bond acceptors (Lipinski definition) is 8. The van der Waals surface area contributed by atoms with Crippen LogP contribution in [0.15, 0.2) is 41.2 Å². The van der Waals surface area contributed by atoms with Gasteiger partial charge >= 0.3 is 17.5 Å². The third kappa shape index (κ3) is 5.35. The molecule has 3 rings (SSSR count). The molecule has 2 aromatic heterocycles. The van der Waals surface area contributed by atoms with E-state index in [9.17, 15) is 19.7 Å². The van der Waals surface area contributed by atoms with Gasteiger partial charge in [0.15, 0.2) is 0 Å². The molecule has 3 aromatic rings. The van der Waals surface area contributed by atoms with E-state index in [4.69, 9.17) is 16.1 Å². The van der Waals surface area contributed by atoms with Crippen molar-refractivity contribution in [3.8, 4) is 11.4 Å². The summed E-state index contributed by atoms with van der Waals surface area (Å²) in [5.41, 5.74) is 0.396. The Morgan fingerprint density at radius 1 is 1.28 bits per heavy atom. The van der Waals surface area contributed by atoms with Gasteiger partial charge in [0.1, 0.15) is 18.9 Å². The van der Waals surface area contributed by atoms with E-state index in [1.807, 2.05) is 0 Å². The molecule has 2 heterocycles. The third-order valence-electron chi connectivity index (χ3n) is 3.57. The fraction of sp³-hybridized carbons (Fsp3) is 0.188. The Kier molecular flexibility index (Phi) is 6.14. The second-order valence-electron chi connectivity index (χ2n) is 5.69. The number of rotatable bonds is 8. The normalized spacial score (nSPS) is 10.5. The standard InChI is InChI=1S/C16H14ClN7O5/c17-11-3-1-2-10(6-11)14-21-16(29-22-14)15(26)19-5-4-18-13(25)9-23-8-12(7-20-23)24(27)28/h1-3,6-8H,4-5,9H2,(H,18,25)(H,19,26). The van der Waals surface area contributed by atoms with E-state index in [2.05, 4.69) is 25.9 Å². The maximum Gasteiger partial charge on any atom is 0.316 e. The van der Waals surface area contributed by atoms with Gasteiger partial charge in [0, 0.05) is 23.7 Å². The summed E-state index contributed by atoms with van der Waals surface area (Å²) in [5, 5.41) is 23.6. The highest BCUT2D eigenvalue weighted by atomic mass is 35.5. The Balaban J connectivity index is 1.43. The molecule has 1 aromatic carbocycles. The Morgan fingerprint density at radius 2 is 2.07 bits per heavy atom. The molecule has 0 spiro atoms. The molecule has 0 aliphatic heterocycles. The van der Waals surface area contributed by atoms with E-state index in [-0.39, 0.29) is 37.0 Å². The van der Waals surface area contributed by atoms with Crippen molar-refractivity contribution in [1.29, 1.82) is 0 Å². The zero-order valence-electron chi connectivity index (χ0n) is 14.7. The van der Waals surface area contributed by atoms with Crippen LogP contribution in [0.25, 0.3) is 11.4 Å². The number of carbonyl (C=O) groups is 2. The molecule has 0 saturated heterocycles. The molecular weight excluding hydrogens is 406 g/mol. The summed E-state index contributed by atoms with van der Waals surface area (Å²) in [6, 6.07) is 6.78. The number of benzene rings is 1. The predicted molar refractivity (Wildman–Crippen MR) is 99.0 cm³/mol. The number of nitrogens with zero attached hydrogens (tertiary/aromatic N) is 5. The SMILES string of the molecule is O=C(Cn1cc([N+](=O)[O-])cn1)NCCNC(=O)c1nc(-c2cccc(Cl)c2)no1. The van der Waals surface area contributed by atoms with Crippen LogP contribution in [0.2, 0.25) is 5.02 Å². The lowest BCUT2D eigenvalue weighted by Gasteiger charge is -2.05. The first kappa shape index (κ1) is 19.9. The summed E-state index contributed by atoms with van der Waals surface area (Å²) in [4.78, 5) is 37.8. The topological polar surface area (TPSA) is 158 Å². The van der Waals surface area contributed by atoms with Gasteiger partial charge in [0.05, 0.1) is 4.92 Å². The van der Waals surface area contributed by atoms with Crippen LogP contribution in [0, 0.1) is 10.1 Å². The van der Waals surface area contributed by atoms with E-state index in [0.717, 1.165) is 17.1 Å². The molecule has 0 aliphatic rings. The first-order valence-electron chi connectivity index (χ1n) is 8.24. The van der Waals surface area contributed by atoms with Crippen molar-refractivity contribution in [3.05, 3.63) is 57.7 Å². The van der Waals surface area contributed by atoms with Crippen molar-refractivity contribution in [2.24, 2.45) is 0 Å². The van der Waals surface area contributed by atoms with Crippen molar-refractivity contribution in [3.63, 3.8) is 0 Å². The highest BCUT2D eigenvalue weighted by Crippen LogP contribution is 2.19. The van der Waals surface area contributed by atoms with Gasteiger partial charge in [-0.25, -0.2) is 0 Å². The molecule has 0 atom stereocenters. The van der Waals surface area contributed by atoms with Gasteiger partial charge < -0.3 is 15.2 Å². The van der Waals surface area contributed by atoms with Gasteiger partial charge in [0.25, 0.3) is 0 Å². The van der Waals surface area contributed by atoms with Crippen LogP contribution in [0.3, 0.4) is 0 Å². The highest BCUT2D eigenvalue weighted by molar-refractivity contribution is 6.30. The summed E-state index contributed by atoms with van der Waals surface area (Å²) < 4.78 is 6.07. The van der Waals surface area contributed by atoms with Crippen LogP contribution >= 0.6 is 11.6 Å². The summed E-state index contributed by atoms with van der Waals surface area (Å²) in [5.74, 6) is -1.02. The van der Waals surface area contributed by atoms with Gasteiger partial charge in [-0.05, 0) is 12.1 Å². The first-order chi connectivity index (χ1) is 13.9. The smallest absolute Gasteiger partial charge is 0.316 e. The van der Waals surface area contributed by atoms with E-state index in [1.54, 1.807) is 24.3 Å². The minimum atomic E-state index is -0.605. The monoisotopic (exact) mass is 419 g/mol. The third-order valence-corrected chi connectivity index (χ3v) is 3.81. The van der Waals surface area contributed by atoms with Crippen molar-refractivity contribution >= 4 is 29.1 Å². The van der Waals surface area contributed by atoms with Gasteiger partial charge in [-0.3, -0.25) is 24.4 Å². The van der Waals surface area contributed by atoms with E-state index < -0.39 is 16.7 Å². The number of carbonyl (C=O) groups excluding carboxylic acids is 2. The van der Waals surface area contributed by atoms with Crippen LogP contribution in [0.1, 0.15) is 10.7 Å². The average molecular weight is 420 g/mol. The lowest BCUT2D eigenvalue weighted by molar-refractivity contribution is -0.385. The summed E-state index contributed by atoms with van der Waals surface area (Å²) in [6.45, 7) is 0.0520. The molecular formula is C16H14ClN7O5. The van der Waals surface area contributed by atoms with Crippen LogP contribution in [-0.4, -0.2) is 49.7 Å². The number of amides is 2. The zero-order chi connectivity index (χ0) is 20.8. The number of nitro groups is 1. The summed E-state index contributed by atoms with van der Waals surface area (Å²) >= 11 is 5.90. The van der Waals surface area contributed by atoms with Crippen molar-refractivity contribution in [2.45, 2.75) is 6.54 Å². The predicted octanol–water partition coefficient (Wildman–Crippen LogP) is 1.04. The van der Waals surface area contributed by atoms with E-state index >= 15 is 0 Å².